The van der Waals surface area contributed by atoms with Crippen LogP contribution in [0.5, 0.6) is 0 Å². The smallest absolute Gasteiger partial charge is 0.149 e. The lowest BCUT2D eigenvalue weighted by Crippen LogP contribution is -2.47. The van der Waals surface area contributed by atoms with Crippen LogP contribution in [0.15, 0.2) is 30.3 Å². The maximum Gasteiger partial charge on any atom is 0.149 e. The Hall–Kier alpha value is -1.52. The standard InChI is InChI=1S/C15H23N.C9H19NO.C3H7N/c1-2-14-8-11-16(12-9-14)13-10-15-6-4-3-5-7-15;1-7(2)6-9(4,10-5)8(3)11;1-2-3-4/h3-7,14H,2,8-13H2,1H3;7,10H,6H2,1-5H3;3-4H,2H2,1H3. The van der Waals surface area contributed by atoms with Crippen LogP contribution in [0.1, 0.15) is 79.2 Å². The molecule has 2 N–H and O–H groups in total. The van der Waals surface area contributed by atoms with Crippen LogP contribution in [-0.4, -0.2) is 49.1 Å². The van der Waals surface area contributed by atoms with Gasteiger partial charge in [0.25, 0.3) is 0 Å². The first-order valence-electron chi connectivity index (χ1n) is 12.2. The van der Waals surface area contributed by atoms with Crippen LogP contribution in [0.25, 0.3) is 0 Å². The van der Waals surface area contributed by atoms with Gasteiger partial charge in [-0.05, 0) is 89.7 Å². The molecule has 1 aliphatic heterocycles. The second-order valence-corrected chi connectivity index (χ2v) is 9.28. The molecule has 0 radical (unpaired) electrons. The minimum absolute atomic E-state index is 0.216. The van der Waals surface area contributed by atoms with Crippen molar-refractivity contribution in [3.05, 3.63) is 35.9 Å². The average molecular weight is 432 g/mol. The number of nitrogens with one attached hydrogen (secondary N) is 2. The van der Waals surface area contributed by atoms with E-state index in [1.807, 2.05) is 20.9 Å². The molecule has 2 rings (SSSR count). The Kier molecular flexibility index (Phi) is 16.2. The molecule has 1 unspecified atom stereocenters. The lowest BCUT2D eigenvalue weighted by atomic mass is 9.88. The number of hydrogen-bond acceptors (Lipinski definition) is 4. The minimum Gasteiger partial charge on any atom is -0.313 e. The van der Waals surface area contributed by atoms with Gasteiger partial charge in [0.15, 0.2) is 0 Å². The second-order valence-electron chi connectivity index (χ2n) is 9.28. The van der Waals surface area contributed by atoms with Crippen LogP contribution in [0.3, 0.4) is 0 Å². The summed E-state index contributed by atoms with van der Waals surface area (Å²) in [4.78, 5) is 13.8. The van der Waals surface area contributed by atoms with E-state index in [-0.39, 0.29) is 11.3 Å². The molecule has 1 aliphatic rings. The van der Waals surface area contributed by atoms with E-state index >= 15 is 0 Å². The van der Waals surface area contributed by atoms with E-state index in [4.69, 9.17) is 5.41 Å². The summed E-state index contributed by atoms with van der Waals surface area (Å²) in [5.74, 6) is 1.76. The first-order valence-corrected chi connectivity index (χ1v) is 12.2. The van der Waals surface area contributed by atoms with Crippen LogP contribution in [0, 0.1) is 17.2 Å². The summed E-state index contributed by atoms with van der Waals surface area (Å²) in [6.45, 7) is 16.0. The molecule has 1 atom stereocenters. The number of likely N-dealkylation sites (N-methyl/N-ethyl adjacent to an activating group) is 1. The predicted octanol–water partition coefficient (Wildman–Crippen LogP) is 6.00. The molecule has 0 aliphatic carbocycles. The van der Waals surface area contributed by atoms with E-state index in [1.165, 1.54) is 57.1 Å². The summed E-state index contributed by atoms with van der Waals surface area (Å²) < 4.78 is 0. The molecule has 1 aromatic carbocycles. The third-order valence-corrected chi connectivity index (χ3v) is 6.19. The van der Waals surface area contributed by atoms with Gasteiger partial charge in [-0.15, -0.1) is 0 Å². The Morgan fingerprint density at radius 3 is 2.13 bits per heavy atom. The number of likely N-dealkylation sites (tertiary alicyclic amines) is 1. The SMILES string of the molecule is CCC1CCN(CCc2ccccc2)CC1.CCC=N.CNC(C)(CC(C)C)C(C)=O. The molecule has 1 aromatic rings. The van der Waals surface area contributed by atoms with Gasteiger partial charge in [0.05, 0.1) is 5.54 Å². The van der Waals surface area contributed by atoms with Crippen LogP contribution in [-0.2, 0) is 11.2 Å². The van der Waals surface area contributed by atoms with Gasteiger partial charge in [-0.1, -0.05) is 64.4 Å². The van der Waals surface area contributed by atoms with Gasteiger partial charge >= 0.3 is 0 Å². The van der Waals surface area contributed by atoms with Crippen LogP contribution in [0.2, 0.25) is 0 Å². The summed E-state index contributed by atoms with van der Waals surface area (Å²) in [7, 11) is 1.84. The Labute approximate surface area is 192 Å². The number of nitrogens with zero attached hydrogens (tertiary/aromatic N) is 1. The number of piperidine rings is 1. The zero-order valence-corrected chi connectivity index (χ0v) is 21.3. The molecule has 0 bridgehead atoms. The number of carbonyl (C=O) groups excluding carboxylic acids is 1. The van der Waals surface area contributed by atoms with Gasteiger partial charge in [0, 0.05) is 6.54 Å². The number of benzene rings is 1. The lowest BCUT2D eigenvalue weighted by molar-refractivity contribution is -0.123. The highest BCUT2D eigenvalue weighted by Gasteiger charge is 2.28. The summed E-state index contributed by atoms with van der Waals surface area (Å²) >= 11 is 0. The van der Waals surface area contributed by atoms with Crippen LogP contribution < -0.4 is 5.32 Å². The van der Waals surface area contributed by atoms with Gasteiger partial charge < -0.3 is 15.6 Å². The highest BCUT2D eigenvalue weighted by atomic mass is 16.1. The maximum atomic E-state index is 11.2. The van der Waals surface area contributed by atoms with E-state index in [2.05, 4.69) is 61.3 Å². The number of Topliss-reactive ketones (excluding diaryl/α,β-unsaturated/α-hetero) is 1. The van der Waals surface area contributed by atoms with Crippen LogP contribution >= 0.6 is 0 Å². The first-order chi connectivity index (χ1) is 14.7. The molecule has 0 amide bonds. The average Bonchev–Trinajstić information content (AvgIpc) is 2.78. The number of ketones is 1. The fourth-order valence-corrected chi connectivity index (χ4v) is 3.79. The molecule has 178 valence electrons. The summed E-state index contributed by atoms with van der Waals surface area (Å²) in [6.07, 6.45) is 8.53. The molecule has 0 aromatic heterocycles. The number of hydrogen-bond donors (Lipinski definition) is 2. The number of rotatable bonds is 9. The molecule has 0 spiro atoms. The second kappa shape index (κ2) is 17.1. The fraction of sp³-hybridized carbons (Fsp3) is 0.704. The Morgan fingerprint density at radius 2 is 1.77 bits per heavy atom. The van der Waals surface area contributed by atoms with E-state index in [9.17, 15) is 4.79 Å². The lowest BCUT2D eigenvalue weighted by Gasteiger charge is -2.31. The van der Waals surface area contributed by atoms with E-state index in [0.717, 1.165) is 18.8 Å². The normalized spacial score (nSPS) is 16.4. The molecular weight excluding hydrogens is 382 g/mol. The van der Waals surface area contributed by atoms with Gasteiger partial charge in [-0.25, -0.2) is 0 Å². The molecular formula is C27H49N3O. The quantitative estimate of drug-likeness (QED) is 0.472. The molecule has 4 nitrogen and oxygen atoms in total. The van der Waals surface area contributed by atoms with Crippen molar-refractivity contribution in [2.45, 2.75) is 85.6 Å². The van der Waals surface area contributed by atoms with Crippen molar-refractivity contribution in [3.63, 3.8) is 0 Å². The summed E-state index contributed by atoms with van der Waals surface area (Å²) in [5, 5.41) is 9.39. The monoisotopic (exact) mass is 431 g/mol. The zero-order valence-electron chi connectivity index (χ0n) is 21.3. The maximum absolute atomic E-state index is 11.2. The van der Waals surface area contributed by atoms with Crippen molar-refractivity contribution in [1.82, 2.24) is 10.2 Å². The van der Waals surface area contributed by atoms with Gasteiger partial charge in [-0.3, -0.25) is 4.79 Å². The topological polar surface area (TPSA) is 56.2 Å². The zero-order chi connectivity index (χ0) is 23.7. The van der Waals surface area contributed by atoms with Crippen molar-refractivity contribution in [2.24, 2.45) is 11.8 Å². The van der Waals surface area contributed by atoms with Gasteiger partial charge in [0.2, 0.25) is 0 Å². The minimum atomic E-state index is -0.325. The first kappa shape index (κ1) is 29.5. The molecule has 1 fully saturated rings. The third kappa shape index (κ3) is 13.5. The highest BCUT2D eigenvalue weighted by molar-refractivity contribution is 5.85. The predicted molar refractivity (Wildman–Crippen MR) is 136 cm³/mol. The van der Waals surface area contributed by atoms with E-state index < -0.39 is 0 Å². The molecule has 0 saturated carbocycles. The number of carbonyl (C=O) groups is 1. The highest BCUT2D eigenvalue weighted by Crippen LogP contribution is 2.20. The Balaban J connectivity index is 0.000000523. The van der Waals surface area contributed by atoms with Gasteiger partial charge in [0.1, 0.15) is 5.78 Å². The van der Waals surface area contributed by atoms with Gasteiger partial charge in [-0.2, -0.15) is 0 Å². The van der Waals surface area contributed by atoms with E-state index in [1.54, 1.807) is 6.92 Å². The molecule has 31 heavy (non-hydrogen) atoms. The fourth-order valence-electron chi connectivity index (χ4n) is 3.79. The van der Waals surface area contributed by atoms with E-state index in [0.29, 0.717) is 5.92 Å². The summed E-state index contributed by atoms with van der Waals surface area (Å²) in [5.41, 5.74) is 1.15. The van der Waals surface area contributed by atoms with Crippen molar-refractivity contribution in [1.29, 1.82) is 5.41 Å². The Bertz CT molecular complexity index is 579. The molecule has 4 heteroatoms. The Morgan fingerprint density at radius 1 is 1.23 bits per heavy atom. The van der Waals surface area contributed by atoms with Crippen molar-refractivity contribution < 1.29 is 4.79 Å². The van der Waals surface area contributed by atoms with Crippen molar-refractivity contribution >= 4 is 12.0 Å². The third-order valence-electron chi connectivity index (χ3n) is 6.19. The molecule has 1 heterocycles. The van der Waals surface area contributed by atoms with Crippen LogP contribution in [0.4, 0.5) is 0 Å². The van der Waals surface area contributed by atoms with Crippen molar-refractivity contribution in [3.8, 4) is 0 Å². The summed E-state index contributed by atoms with van der Waals surface area (Å²) in [6, 6.07) is 10.8. The van der Waals surface area contributed by atoms with Crippen molar-refractivity contribution in [2.75, 3.05) is 26.7 Å². The molecule has 1 saturated heterocycles. The largest absolute Gasteiger partial charge is 0.313 e.